The highest BCUT2D eigenvalue weighted by atomic mass is 16.6. The Kier molecular flexibility index (Phi) is 6.78. The zero-order valence-corrected chi connectivity index (χ0v) is 15.9. The van der Waals surface area contributed by atoms with Crippen molar-refractivity contribution in [1.29, 1.82) is 0 Å². The zero-order valence-electron chi connectivity index (χ0n) is 15.9. The van der Waals surface area contributed by atoms with Crippen molar-refractivity contribution in [3.05, 3.63) is 73.8 Å². The smallest absolute Gasteiger partial charge is 0.271 e. The summed E-state index contributed by atoms with van der Waals surface area (Å²) in [5.74, 6) is -0.262. The minimum atomic E-state index is -0.510. The first-order valence-corrected chi connectivity index (χ1v) is 8.68. The molecule has 0 saturated heterocycles. The van der Waals surface area contributed by atoms with Crippen LogP contribution < -0.4 is 5.32 Å². The lowest BCUT2D eigenvalue weighted by atomic mass is 10.1. The summed E-state index contributed by atoms with van der Waals surface area (Å²) in [5, 5.41) is 24.5. The van der Waals surface area contributed by atoms with E-state index in [4.69, 9.17) is 0 Å². The Morgan fingerprint density at radius 2 is 1.75 bits per heavy atom. The van der Waals surface area contributed by atoms with Crippen LogP contribution in [0.25, 0.3) is 0 Å². The number of non-ortho nitro benzene ring substituents is 2. The molecule has 2 aromatic rings. The second kappa shape index (κ2) is 9.05. The quantitative estimate of drug-likeness (QED) is 0.544. The number of hydrogen-bond acceptors (Lipinski definition) is 6. The van der Waals surface area contributed by atoms with Crippen molar-refractivity contribution < 1.29 is 14.6 Å². The van der Waals surface area contributed by atoms with E-state index in [1.807, 2.05) is 18.9 Å². The number of benzene rings is 2. The maximum Gasteiger partial charge on any atom is 0.271 e. The van der Waals surface area contributed by atoms with Gasteiger partial charge in [0.15, 0.2) is 0 Å². The third kappa shape index (κ3) is 5.34. The second-order valence-corrected chi connectivity index (χ2v) is 6.56. The topological polar surface area (TPSA) is 119 Å². The molecule has 28 heavy (non-hydrogen) atoms. The number of carbonyl (C=O) groups excluding carboxylic acids is 1. The third-order valence-corrected chi connectivity index (χ3v) is 4.62. The van der Waals surface area contributed by atoms with E-state index in [0.717, 1.165) is 11.1 Å². The maximum atomic E-state index is 12.3. The largest absolute Gasteiger partial charge is 0.326 e. The van der Waals surface area contributed by atoms with Gasteiger partial charge in [0.1, 0.15) is 0 Å². The van der Waals surface area contributed by atoms with E-state index < -0.39 is 9.85 Å². The molecular formula is C19H22N4O5. The summed E-state index contributed by atoms with van der Waals surface area (Å²) in [6, 6.07) is 10.6. The molecular weight excluding hydrogens is 364 g/mol. The predicted octanol–water partition coefficient (Wildman–Crippen LogP) is 3.83. The molecule has 0 aromatic heterocycles. The van der Waals surface area contributed by atoms with E-state index in [1.165, 1.54) is 24.3 Å². The SMILES string of the molecule is Cc1ccc([N+](=O)[O-])cc1NC(=O)CCN(C)C(C)c1cccc([N+](=O)[O-])c1. The van der Waals surface area contributed by atoms with E-state index in [2.05, 4.69) is 5.32 Å². The molecule has 0 fully saturated rings. The average Bonchev–Trinajstić information content (AvgIpc) is 2.67. The highest BCUT2D eigenvalue weighted by molar-refractivity contribution is 5.92. The first kappa shape index (κ1) is 21.0. The van der Waals surface area contributed by atoms with Gasteiger partial charge in [0, 0.05) is 43.3 Å². The van der Waals surface area contributed by atoms with Gasteiger partial charge in [0.25, 0.3) is 11.4 Å². The van der Waals surface area contributed by atoms with Gasteiger partial charge in [-0.1, -0.05) is 18.2 Å². The van der Waals surface area contributed by atoms with Gasteiger partial charge in [-0.15, -0.1) is 0 Å². The van der Waals surface area contributed by atoms with Crippen molar-refractivity contribution in [2.45, 2.75) is 26.3 Å². The molecule has 148 valence electrons. The number of amides is 1. The van der Waals surface area contributed by atoms with Crippen molar-refractivity contribution in [2.75, 3.05) is 18.9 Å². The fraction of sp³-hybridized carbons (Fsp3) is 0.316. The van der Waals surface area contributed by atoms with Gasteiger partial charge in [-0.2, -0.15) is 0 Å². The molecule has 0 saturated carbocycles. The number of nitrogens with zero attached hydrogens (tertiary/aromatic N) is 3. The summed E-state index contributed by atoms with van der Waals surface area (Å²) >= 11 is 0. The summed E-state index contributed by atoms with van der Waals surface area (Å²) in [6.45, 7) is 4.08. The molecule has 0 aliphatic rings. The summed E-state index contributed by atoms with van der Waals surface area (Å²) in [4.78, 5) is 35.0. The Morgan fingerprint density at radius 1 is 1.11 bits per heavy atom. The Balaban J connectivity index is 1.97. The van der Waals surface area contributed by atoms with Crippen LogP contribution in [-0.2, 0) is 4.79 Å². The molecule has 0 aliphatic heterocycles. The van der Waals surface area contributed by atoms with E-state index in [0.29, 0.717) is 12.2 Å². The van der Waals surface area contributed by atoms with E-state index in [-0.39, 0.29) is 29.7 Å². The van der Waals surface area contributed by atoms with Gasteiger partial charge in [-0.3, -0.25) is 29.9 Å². The number of rotatable bonds is 8. The number of carbonyl (C=O) groups is 1. The van der Waals surface area contributed by atoms with Crippen molar-refractivity contribution in [3.8, 4) is 0 Å². The van der Waals surface area contributed by atoms with Crippen molar-refractivity contribution >= 4 is 23.0 Å². The van der Waals surface area contributed by atoms with Crippen LogP contribution in [0.4, 0.5) is 17.1 Å². The summed E-state index contributed by atoms with van der Waals surface area (Å²) in [6.07, 6.45) is 0.178. The predicted molar refractivity (Wildman–Crippen MR) is 105 cm³/mol. The van der Waals surface area contributed by atoms with Crippen molar-refractivity contribution in [3.63, 3.8) is 0 Å². The number of hydrogen-bond donors (Lipinski definition) is 1. The van der Waals surface area contributed by atoms with Crippen LogP contribution in [0, 0.1) is 27.2 Å². The molecule has 2 aromatic carbocycles. The normalized spacial score (nSPS) is 11.9. The van der Waals surface area contributed by atoms with Gasteiger partial charge in [0.2, 0.25) is 5.91 Å². The average molecular weight is 386 g/mol. The molecule has 0 heterocycles. The van der Waals surface area contributed by atoms with E-state index in [9.17, 15) is 25.0 Å². The van der Waals surface area contributed by atoms with Crippen molar-refractivity contribution in [1.82, 2.24) is 4.90 Å². The Hall–Kier alpha value is -3.33. The molecule has 0 radical (unpaired) electrons. The van der Waals surface area contributed by atoms with E-state index >= 15 is 0 Å². The number of nitrogens with one attached hydrogen (secondary N) is 1. The number of aryl methyl sites for hydroxylation is 1. The van der Waals surface area contributed by atoms with Crippen LogP contribution >= 0.6 is 0 Å². The lowest BCUT2D eigenvalue weighted by Gasteiger charge is -2.24. The molecule has 0 spiro atoms. The third-order valence-electron chi connectivity index (χ3n) is 4.62. The standard InChI is InChI=1S/C19H22N4O5/c1-13-7-8-17(23(27)28)12-18(13)20-19(24)9-10-21(3)14(2)15-5-4-6-16(11-15)22(25)26/h4-8,11-12,14H,9-10H2,1-3H3,(H,20,24). The van der Waals surface area contributed by atoms with Crippen LogP contribution in [0.15, 0.2) is 42.5 Å². The monoisotopic (exact) mass is 386 g/mol. The van der Waals surface area contributed by atoms with Crippen molar-refractivity contribution in [2.24, 2.45) is 0 Å². The number of nitro groups is 2. The summed E-state index contributed by atoms with van der Waals surface area (Å²) in [5.41, 5.74) is 1.87. The van der Waals surface area contributed by atoms with Gasteiger partial charge < -0.3 is 5.32 Å². The Labute approximate surface area is 162 Å². The molecule has 9 nitrogen and oxygen atoms in total. The van der Waals surface area contributed by atoms with Gasteiger partial charge in [-0.25, -0.2) is 0 Å². The lowest BCUT2D eigenvalue weighted by Crippen LogP contribution is -2.27. The minimum absolute atomic E-state index is 0.0247. The van der Waals surface area contributed by atoms with E-state index in [1.54, 1.807) is 25.1 Å². The lowest BCUT2D eigenvalue weighted by molar-refractivity contribution is -0.385. The summed E-state index contributed by atoms with van der Waals surface area (Å²) < 4.78 is 0. The minimum Gasteiger partial charge on any atom is -0.326 e. The van der Waals surface area contributed by atoms with Gasteiger partial charge >= 0.3 is 0 Å². The second-order valence-electron chi connectivity index (χ2n) is 6.56. The molecule has 0 aliphatic carbocycles. The Bertz CT molecular complexity index is 900. The van der Waals surface area contributed by atoms with Gasteiger partial charge in [-0.05, 0) is 32.0 Å². The Morgan fingerprint density at radius 3 is 2.39 bits per heavy atom. The number of anilines is 1. The molecule has 1 atom stereocenters. The van der Waals surface area contributed by atoms with Crippen LogP contribution in [-0.4, -0.2) is 34.2 Å². The van der Waals surface area contributed by atoms with Crippen LogP contribution in [0.3, 0.4) is 0 Å². The molecule has 2 rings (SSSR count). The maximum absolute atomic E-state index is 12.3. The molecule has 1 amide bonds. The molecule has 1 N–H and O–H groups in total. The summed E-state index contributed by atoms with van der Waals surface area (Å²) in [7, 11) is 1.83. The van der Waals surface area contributed by atoms with Crippen LogP contribution in [0.2, 0.25) is 0 Å². The fourth-order valence-electron chi connectivity index (χ4n) is 2.70. The highest BCUT2D eigenvalue weighted by Gasteiger charge is 2.17. The molecule has 1 unspecified atom stereocenters. The first-order valence-electron chi connectivity index (χ1n) is 8.68. The van der Waals surface area contributed by atoms with Crippen LogP contribution in [0.1, 0.15) is 30.5 Å². The molecule has 0 bridgehead atoms. The zero-order chi connectivity index (χ0) is 20.8. The fourth-order valence-corrected chi connectivity index (χ4v) is 2.70. The highest BCUT2D eigenvalue weighted by Crippen LogP contribution is 2.24. The number of nitro benzene ring substituents is 2. The molecule has 9 heteroatoms. The van der Waals surface area contributed by atoms with Gasteiger partial charge in [0.05, 0.1) is 15.5 Å². The first-order chi connectivity index (χ1) is 13.2. The van der Waals surface area contributed by atoms with Crippen LogP contribution in [0.5, 0.6) is 0 Å².